The van der Waals surface area contributed by atoms with E-state index < -0.39 is 17.8 Å². The van der Waals surface area contributed by atoms with E-state index in [1.165, 1.54) is 0 Å². The number of aliphatic hydroxyl groups is 1. The molecule has 21 heavy (non-hydrogen) atoms. The zero-order chi connectivity index (χ0) is 15.5. The topological polar surface area (TPSA) is 62.2 Å². The third kappa shape index (κ3) is 3.79. The number of rotatable bonds is 3. The Morgan fingerprint density at radius 2 is 2.00 bits per heavy atom. The second-order valence-electron chi connectivity index (χ2n) is 4.24. The fourth-order valence-electron chi connectivity index (χ4n) is 1.65. The van der Waals surface area contributed by atoms with Gasteiger partial charge in [0.1, 0.15) is 5.69 Å². The van der Waals surface area contributed by atoms with Crippen molar-refractivity contribution in [3.05, 3.63) is 59.4 Å². The normalized spacial score (nSPS) is 11.2. The van der Waals surface area contributed by atoms with E-state index in [4.69, 9.17) is 5.11 Å². The van der Waals surface area contributed by atoms with E-state index in [1.54, 1.807) is 24.3 Å². The quantitative estimate of drug-likeness (QED) is 0.915. The number of anilines is 1. The number of hydrogen-bond donors (Lipinski definition) is 2. The average molecular weight is 296 g/mol. The first-order valence-electron chi connectivity index (χ1n) is 5.94. The molecule has 2 aromatic rings. The lowest BCUT2D eigenvalue weighted by molar-refractivity contribution is -0.141. The van der Waals surface area contributed by atoms with Crippen molar-refractivity contribution in [3.63, 3.8) is 0 Å². The molecule has 2 rings (SSSR count). The maximum Gasteiger partial charge on any atom is 0.433 e. The summed E-state index contributed by atoms with van der Waals surface area (Å²) < 4.78 is 37.1. The SMILES string of the molecule is O=C(Nc1cccc(CO)c1)c1ccc(C(F)(F)F)nc1. The molecule has 7 heteroatoms. The van der Waals surface area contributed by atoms with Crippen molar-refractivity contribution in [3.8, 4) is 0 Å². The van der Waals surface area contributed by atoms with E-state index in [0.29, 0.717) is 11.3 Å². The van der Waals surface area contributed by atoms with E-state index in [2.05, 4.69) is 10.3 Å². The van der Waals surface area contributed by atoms with Crippen LogP contribution in [0.3, 0.4) is 0 Å². The molecule has 110 valence electrons. The standard InChI is InChI=1S/C14H11F3N2O2/c15-14(16,17)12-5-4-10(7-18-12)13(21)19-11-3-1-2-9(6-11)8-20/h1-7,20H,8H2,(H,19,21). The van der Waals surface area contributed by atoms with Crippen molar-refractivity contribution in [2.24, 2.45) is 0 Å². The summed E-state index contributed by atoms with van der Waals surface area (Å²) in [6.45, 7) is -0.175. The lowest BCUT2D eigenvalue weighted by Crippen LogP contribution is -2.14. The predicted molar refractivity (Wildman–Crippen MR) is 69.6 cm³/mol. The zero-order valence-electron chi connectivity index (χ0n) is 10.7. The Morgan fingerprint density at radius 1 is 1.24 bits per heavy atom. The van der Waals surface area contributed by atoms with Crippen LogP contribution in [0.2, 0.25) is 0 Å². The van der Waals surface area contributed by atoms with E-state index >= 15 is 0 Å². The van der Waals surface area contributed by atoms with Crippen LogP contribution < -0.4 is 5.32 Å². The van der Waals surface area contributed by atoms with Crippen LogP contribution in [-0.4, -0.2) is 16.0 Å². The van der Waals surface area contributed by atoms with Gasteiger partial charge in [-0.2, -0.15) is 13.2 Å². The van der Waals surface area contributed by atoms with Crippen LogP contribution in [0.25, 0.3) is 0 Å². The first-order chi connectivity index (χ1) is 9.90. The summed E-state index contributed by atoms with van der Waals surface area (Å²) in [6, 6.07) is 8.30. The highest BCUT2D eigenvalue weighted by atomic mass is 19.4. The molecule has 0 unspecified atom stereocenters. The Morgan fingerprint density at radius 3 is 2.57 bits per heavy atom. The monoisotopic (exact) mass is 296 g/mol. The molecule has 0 aliphatic heterocycles. The van der Waals surface area contributed by atoms with E-state index in [-0.39, 0.29) is 12.2 Å². The van der Waals surface area contributed by atoms with E-state index in [1.807, 2.05) is 0 Å². The fourth-order valence-corrected chi connectivity index (χ4v) is 1.65. The second kappa shape index (κ2) is 5.92. The summed E-state index contributed by atoms with van der Waals surface area (Å²) in [7, 11) is 0. The second-order valence-corrected chi connectivity index (χ2v) is 4.24. The third-order valence-electron chi connectivity index (χ3n) is 2.68. The van der Waals surface area contributed by atoms with Crippen LogP contribution in [0.4, 0.5) is 18.9 Å². The van der Waals surface area contributed by atoms with Gasteiger partial charge in [-0.05, 0) is 29.8 Å². The molecule has 0 saturated carbocycles. The van der Waals surface area contributed by atoms with Gasteiger partial charge in [-0.1, -0.05) is 12.1 Å². The number of nitrogens with zero attached hydrogens (tertiary/aromatic N) is 1. The molecule has 1 aromatic heterocycles. The molecule has 0 aliphatic rings. The molecule has 2 N–H and O–H groups in total. The van der Waals surface area contributed by atoms with Gasteiger partial charge in [-0.15, -0.1) is 0 Å². The first kappa shape index (κ1) is 15.0. The largest absolute Gasteiger partial charge is 0.433 e. The number of aliphatic hydroxyl groups excluding tert-OH is 1. The number of hydrogen-bond acceptors (Lipinski definition) is 3. The van der Waals surface area contributed by atoms with Gasteiger partial charge >= 0.3 is 6.18 Å². The molecule has 0 atom stereocenters. The third-order valence-corrected chi connectivity index (χ3v) is 2.68. The highest BCUT2D eigenvalue weighted by Crippen LogP contribution is 2.27. The van der Waals surface area contributed by atoms with Gasteiger partial charge in [-0.3, -0.25) is 9.78 Å². The summed E-state index contributed by atoms with van der Waals surface area (Å²) in [5.74, 6) is -0.577. The molecule has 0 radical (unpaired) electrons. The number of pyridine rings is 1. The van der Waals surface area contributed by atoms with Gasteiger partial charge in [0, 0.05) is 11.9 Å². The van der Waals surface area contributed by atoms with Gasteiger partial charge in [0.2, 0.25) is 0 Å². The Labute approximate surface area is 118 Å². The Bertz CT molecular complexity index is 639. The minimum Gasteiger partial charge on any atom is -0.392 e. The minimum atomic E-state index is -4.54. The van der Waals surface area contributed by atoms with Crippen LogP contribution in [0, 0.1) is 0 Å². The van der Waals surface area contributed by atoms with Crippen molar-refractivity contribution in [1.29, 1.82) is 0 Å². The number of benzene rings is 1. The molecule has 4 nitrogen and oxygen atoms in total. The first-order valence-corrected chi connectivity index (χ1v) is 5.94. The Hall–Kier alpha value is -2.41. The zero-order valence-corrected chi connectivity index (χ0v) is 10.7. The molecular formula is C14H11F3N2O2. The highest BCUT2D eigenvalue weighted by molar-refractivity contribution is 6.04. The van der Waals surface area contributed by atoms with E-state index in [0.717, 1.165) is 18.3 Å². The maximum absolute atomic E-state index is 12.4. The van der Waals surface area contributed by atoms with Gasteiger partial charge in [0.05, 0.1) is 12.2 Å². The van der Waals surface area contributed by atoms with Crippen LogP contribution in [0.1, 0.15) is 21.6 Å². The van der Waals surface area contributed by atoms with Crippen molar-refractivity contribution >= 4 is 11.6 Å². The number of alkyl halides is 3. The van der Waals surface area contributed by atoms with Crippen molar-refractivity contribution in [2.75, 3.05) is 5.32 Å². The number of carbonyl (C=O) groups excluding carboxylic acids is 1. The lowest BCUT2D eigenvalue weighted by atomic mass is 10.2. The maximum atomic E-state index is 12.4. The van der Waals surface area contributed by atoms with Gasteiger partial charge in [-0.25, -0.2) is 0 Å². The van der Waals surface area contributed by atoms with Gasteiger partial charge in [0.25, 0.3) is 5.91 Å². The molecule has 1 heterocycles. The van der Waals surface area contributed by atoms with Gasteiger partial charge in [0.15, 0.2) is 0 Å². The summed E-state index contributed by atoms with van der Waals surface area (Å²) in [4.78, 5) is 15.1. The molecular weight excluding hydrogens is 285 g/mol. The summed E-state index contributed by atoms with van der Waals surface area (Å²) >= 11 is 0. The lowest BCUT2D eigenvalue weighted by Gasteiger charge is -2.08. The minimum absolute atomic E-state index is 0.0115. The number of aromatic nitrogens is 1. The Balaban J connectivity index is 2.13. The molecule has 0 saturated heterocycles. The summed E-state index contributed by atoms with van der Waals surface area (Å²) in [6.07, 6.45) is -3.67. The molecule has 1 aromatic carbocycles. The van der Waals surface area contributed by atoms with Crippen molar-refractivity contribution < 1.29 is 23.1 Å². The predicted octanol–water partition coefficient (Wildman–Crippen LogP) is 2.85. The number of halogens is 3. The van der Waals surface area contributed by atoms with Crippen molar-refractivity contribution in [1.82, 2.24) is 4.98 Å². The molecule has 0 aliphatic carbocycles. The van der Waals surface area contributed by atoms with Crippen LogP contribution >= 0.6 is 0 Å². The summed E-state index contributed by atoms with van der Waals surface area (Å²) in [5, 5.41) is 11.5. The van der Waals surface area contributed by atoms with E-state index in [9.17, 15) is 18.0 Å². The average Bonchev–Trinajstić information content (AvgIpc) is 2.46. The highest BCUT2D eigenvalue weighted by Gasteiger charge is 2.32. The molecule has 0 spiro atoms. The molecule has 0 fully saturated rings. The number of carbonyl (C=O) groups is 1. The molecule has 0 bridgehead atoms. The number of nitrogens with one attached hydrogen (secondary N) is 1. The molecule has 1 amide bonds. The fraction of sp³-hybridized carbons (Fsp3) is 0.143. The number of amides is 1. The van der Waals surface area contributed by atoms with Crippen molar-refractivity contribution in [2.45, 2.75) is 12.8 Å². The summed E-state index contributed by atoms with van der Waals surface area (Å²) in [5.41, 5.74) is 0.00326. The van der Waals surface area contributed by atoms with Crippen LogP contribution in [0.15, 0.2) is 42.6 Å². The smallest absolute Gasteiger partial charge is 0.392 e. The van der Waals surface area contributed by atoms with Crippen LogP contribution in [0.5, 0.6) is 0 Å². The van der Waals surface area contributed by atoms with Crippen LogP contribution in [-0.2, 0) is 12.8 Å². The van der Waals surface area contributed by atoms with Gasteiger partial charge < -0.3 is 10.4 Å². The Kier molecular flexibility index (Phi) is 4.23.